The minimum Gasteiger partial charge on any atom is -0.444 e. The lowest BCUT2D eigenvalue weighted by Gasteiger charge is -2.30. The second kappa shape index (κ2) is 9.32. The molecule has 2 heterocycles. The predicted molar refractivity (Wildman–Crippen MR) is 128 cm³/mol. The molecule has 0 spiro atoms. The van der Waals surface area contributed by atoms with E-state index >= 15 is 0 Å². The van der Waals surface area contributed by atoms with Gasteiger partial charge in [-0.3, -0.25) is 0 Å². The van der Waals surface area contributed by atoms with Gasteiger partial charge in [0.2, 0.25) is 0 Å². The standard InChI is InChI=1S/C26H25ClFN3O2/c1-26(2,3)33-25(32)31-12-11-23-19(16-31)15-29-24(30-23)21-10-9-18(14-22(21)28)8-7-17-5-4-6-20(27)13-17/h4-10,13-15H,11-12,16H2,1-3H3/b8-7+. The molecule has 0 N–H and O–H groups in total. The SMILES string of the molecule is CC(C)(C)OC(=O)N1CCc2nc(-c3ccc(/C=C/c4cccc(Cl)c4)cc3F)ncc2C1. The number of halogens is 2. The summed E-state index contributed by atoms with van der Waals surface area (Å²) in [5.74, 6) is -0.0586. The van der Waals surface area contributed by atoms with E-state index in [1.807, 2.05) is 57.2 Å². The fourth-order valence-corrected chi connectivity index (χ4v) is 3.75. The van der Waals surface area contributed by atoms with Crippen molar-refractivity contribution in [3.8, 4) is 11.4 Å². The summed E-state index contributed by atoms with van der Waals surface area (Å²) >= 11 is 6.01. The molecule has 0 saturated heterocycles. The highest BCUT2D eigenvalue weighted by atomic mass is 35.5. The Labute approximate surface area is 197 Å². The van der Waals surface area contributed by atoms with Crippen molar-refractivity contribution in [1.82, 2.24) is 14.9 Å². The van der Waals surface area contributed by atoms with Crippen LogP contribution in [0.5, 0.6) is 0 Å². The molecule has 0 fully saturated rings. The number of rotatable bonds is 3. The number of amides is 1. The smallest absolute Gasteiger partial charge is 0.410 e. The molecule has 7 heteroatoms. The maximum Gasteiger partial charge on any atom is 0.410 e. The van der Waals surface area contributed by atoms with Gasteiger partial charge < -0.3 is 9.64 Å². The van der Waals surface area contributed by atoms with Crippen molar-refractivity contribution in [1.29, 1.82) is 0 Å². The average molecular weight is 466 g/mol. The number of benzene rings is 2. The summed E-state index contributed by atoms with van der Waals surface area (Å²) < 4.78 is 20.3. The molecular formula is C26H25ClFN3O2. The first-order valence-corrected chi connectivity index (χ1v) is 11.1. The van der Waals surface area contributed by atoms with E-state index in [1.165, 1.54) is 6.07 Å². The van der Waals surface area contributed by atoms with Gasteiger partial charge in [0.05, 0.1) is 17.8 Å². The molecule has 4 rings (SSSR count). The number of fused-ring (bicyclic) bond motifs is 1. The molecular weight excluding hydrogens is 441 g/mol. The molecule has 170 valence electrons. The lowest BCUT2D eigenvalue weighted by molar-refractivity contribution is 0.0222. The summed E-state index contributed by atoms with van der Waals surface area (Å²) in [6.07, 6.45) is 5.58. The van der Waals surface area contributed by atoms with Crippen molar-refractivity contribution < 1.29 is 13.9 Å². The zero-order valence-corrected chi connectivity index (χ0v) is 19.6. The van der Waals surface area contributed by atoms with Gasteiger partial charge in [-0.1, -0.05) is 42.0 Å². The number of carbonyl (C=O) groups excluding carboxylic acids is 1. The third-order valence-corrected chi connectivity index (χ3v) is 5.37. The van der Waals surface area contributed by atoms with Crippen molar-refractivity contribution in [2.24, 2.45) is 0 Å². The Morgan fingerprint density at radius 3 is 2.61 bits per heavy atom. The van der Waals surface area contributed by atoms with Crippen LogP contribution in [-0.4, -0.2) is 33.1 Å². The number of carbonyl (C=O) groups is 1. The summed E-state index contributed by atoms with van der Waals surface area (Å²) in [7, 11) is 0. The fraction of sp³-hybridized carbons (Fsp3) is 0.269. The summed E-state index contributed by atoms with van der Waals surface area (Å²) in [4.78, 5) is 22.9. The summed E-state index contributed by atoms with van der Waals surface area (Å²) in [6.45, 7) is 6.38. The van der Waals surface area contributed by atoms with Crippen LogP contribution in [-0.2, 0) is 17.7 Å². The topological polar surface area (TPSA) is 55.3 Å². The van der Waals surface area contributed by atoms with Gasteiger partial charge in [0.1, 0.15) is 11.4 Å². The van der Waals surface area contributed by atoms with E-state index in [0.717, 1.165) is 22.4 Å². The maximum absolute atomic E-state index is 14.9. The number of nitrogens with zero attached hydrogens (tertiary/aromatic N) is 3. The second-order valence-electron chi connectivity index (χ2n) is 8.95. The summed E-state index contributed by atoms with van der Waals surface area (Å²) in [6, 6.07) is 12.4. The van der Waals surface area contributed by atoms with Gasteiger partial charge in [-0.05, 0) is 56.2 Å². The Hall–Kier alpha value is -3.25. The first-order chi connectivity index (χ1) is 15.7. The Bertz CT molecular complexity index is 1220. The highest BCUT2D eigenvalue weighted by Gasteiger charge is 2.27. The van der Waals surface area contributed by atoms with E-state index in [2.05, 4.69) is 9.97 Å². The van der Waals surface area contributed by atoms with E-state index in [1.54, 1.807) is 23.2 Å². The first-order valence-electron chi connectivity index (χ1n) is 10.7. The molecule has 1 aliphatic rings. The van der Waals surface area contributed by atoms with E-state index < -0.39 is 11.4 Å². The minimum atomic E-state index is -0.551. The molecule has 2 aromatic carbocycles. The van der Waals surface area contributed by atoms with Crippen molar-refractivity contribution in [2.75, 3.05) is 6.54 Å². The van der Waals surface area contributed by atoms with Gasteiger partial charge in [-0.2, -0.15) is 0 Å². The molecule has 0 aliphatic carbocycles. The molecule has 0 unspecified atom stereocenters. The molecule has 1 aliphatic heterocycles. The molecule has 0 bridgehead atoms. The normalized spacial score (nSPS) is 13.8. The van der Waals surface area contributed by atoms with Crippen LogP contribution in [0.2, 0.25) is 5.02 Å². The fourth-order valence-electron chi connectivity index (χ4n) is 3.55. The number of aromatic nitrogens is 2. The van der Waals surface area contributed by atoms with Crippen LogP contribution >= 0.6 is 11.6 Å². The van der Waals surface area contributed by atoms with E-state index in [0.29, 0.717) is 35.9 Å². The molecule has 0 radical (unpaired) electrons. The summed E-state index contributed by atoms with van der Waals surface area (Å²) in [5.41, 5.74) is 3.12. The van der Waals surface area contributed by atoms with Crippen LogP contribution in [0.25, 0.3) is 23.5 Å². The maximum atomic E-state index is 14.9. The lowest BCUT2D eigenvalue weighted by Crippen LogP contribution is -2.40. The number of hydrogen-bond acceptors (Lipinski definition) is 4. The van der Waals surface area contributed by atoms with E-state index in [4.69, 9.17) is 16.3 Å². The Morgan fingerprint density at radius 1 is 1.15 bits per heavy atom. The van der Waals surface area contributed by atoms with Gasteiger partial charge in [-0.25, -0.2) is 19.2 Å². The Balaban J connectivity index is 1.50. The molecule has 0 saturated carbocycles. The first kappa shape index (κ1) is 22.9. The van der Waals surface area contributed by atoms with Gasteiger partial charge in [0.25, 0.3) is 0 Å². The average Bonchev–Trinajstić information content (AvgIpc) is 2.76. The van der Waals surface area contributed by atoms with Crippen molar-refractivity contribution in [2.45, 2.75) is 39.3 Å². The minimum absolute atomic E-state index is 0.335. The van der Waals surface area contributed by atoms with Crippen LogP contribution < -0.4 is 0 Å². The van der Waals surface area contributed by atoms with Crippen molar-refractivity contribution >= 4 is 29.8 Å². The molecule has 1 aromatic heterocycles. The molecule has 0 atom stereocenters. The van der Waals surface area contributed by atoms with Crippen LogP contribution in [0.4, 0.5) is 9.18 Å². The van der Waals surface area contributed by atoms with E-state index in [9.17, 15) is 9.18 Å². The van der Waals surface area contributed by atoms with Gasteiger partial charge in [0, 0.05) is 29.7 Å². The zero-order chi connectivity index (χ0) is 23.6. The lowest BCUT2D eigenvalue weighted by atomic mass is 10.1. The zero-order valence-electron chi connectivity index (χ0n) is 18.8. The van der Waals surface area contributed by atoms with Crippen LogP contribution in [0.1, 0.15) is 43.2 Å². The van der Waals surface area contributed by atoms with Gasteiger partial charge in [-0.15, -0.1) is 0 Å². The monoisotopic (exact) mass is 465 g/mol. The molecule has 1 amide bonds. The molecule has 33 heavy (non-hydrogen) atoms. The highest BCUT2D eigenvalue weighted by Crippen LogP contribution is 2.25. The molecule has 3 aromatic rings. The largest absolute Gasteiger partial charge is 0.444 e. The number of ether oxygens (including phenoxy) is 1. The third kappa shape index (κ3) is 5.76. The number of hydrogen-bond donors (Lipinski definition) is 0. The predicted octanol–water partition coefficient (Wildman–Crippen LogP) is 6.40. The van der Waals surface area contributed by atoms with Crippen LogP contribution in [0.15, 0.2) is 48.7 Å². The Morgan fingerprint density at radius 2 is 1.91 bits per heavy atom. The second-order valence-corrected chi connectivity index (χ2v) is 9.38. The summed E-state index contributed by atoms with van der Waals surface area (Å²) in [5, 5.41) is 0.650. The van der Waals surface area contributed by atoms with Crippen molar-refractivity contribution in [3.63, 3.8) is 0 Å². The van der Waals surface area contributed by atoms with Gasteiger partial charge in [0.15, 0.2) is 5.82 Å². The Kier molecular flexibility index (Phi) is 6.47. The third-order valence-electron chi connectivity index (χ3n) is 5.14. The quantitative estimate of drug-likeness (QED) is 0.420. The van der Waals surface area contributed by atoms with Crippen LogP contribution in [0, 0.1) is 5.82 Å². The van der Waals surface area contributed by atoms with Crippen LogP contribution in [0.3, 0.4) is 0 Å². The van der Waals surface area contributed by atoms with Crippen molar-refractivity contribution in [3.05, 3.63) is 81.9 Å². The molecule has 5 nitrogen and oxygen atoms in total. The van der Waals surface area contributed by atoms with E-state index in [-0.39, 0.29) is 6.09 Å². The van der Waals surface area contributed by atoms with Gasteiger partial charge >= 0.3 is 6.09 Å². The highest BCUT2D eigenvalue weighted by molar-refractivity contribution is 6.30.